The van der Waals surface area contributed by atoms with E-state index in [1.54, 1.807) is 18.2 Å². The monoisotopic (exact) mass is 310 g/mol. The molecule has 0 aliphatic heterocycles. The zero-order valence-electron chi connectivity index (χ0n) is 13.2. The summed E-state index contributed by atoms with van der Waals surface area (Å²) in [5.41, 5.74) is 3.56. The molecule has 4 heteroatoms. The molecule has 3 rings (SSSR count). The van der Waals surface area contributed by atoms with Crippen LogP contribution in [-0.2, 0) is 24.1 Å². The first kappa shape index (κ1) is 15.3. The van der Waals surface area contributed by atoms with Gasteiger partial charge in [0.05, 0.1) is 17.2 Å². The van der Waals surface area contributed by atoms with E-state index in [0.29, 0.717) is 27.5 Å². The van der Waals surface area contributed by atoms with E-state index < -0.39 is 5.97 Å². The van der Waals surface area contributed by atoms with E-state index in [1.807, 2.05) is 19.1 Å². The number of hydrogen-bond donors (Lipinski definition) is 1. The minimum Gasteiger partial charge on any atom is -0.481 e. The number of carbonyl (C=O) groups is 1. The molecular formula is C19H18O4. The molecule has 3 aromatic rings. The maximum Gasteiger partial charge on any atom is 0.307 e. The predicted octanol–water partition coefficient (Wildman–Crippen LogP) is 3.70. The Hall–Kier alpha value is -2.62. The lowest BCUT2D eigenvalue weighted by Crippen LogP contribution is -2.07. The molecule has 0 saturated carbocycles. The zero-order chi connectivity index (χ0) is 16.6. The van der Waals surface area contributed by atoms with Crippen LogP contribution in [0.25, 0.3) is 21.9 Å². The number of aryl methyl sites for hydroxylation is 2. The molecule has 1 heterocycles. The Morgan fingerprint density at radius 2 is 1.74 bits per heavy atom. The van der Waals surface area contributed by atoms with Crippen molar-refractivity contribution in [3.8, 4) is 0 Å². The van der Waals surface area contributed by atoms with Crippen LogP contribution in [0.3, 0.4) is 0 Å². The predicted molar refractivity (Wildman–Crippen MR) is 90.1 cm³/mol. The second-order valence-electron chi connectivity index (χ2n) is 5.58. The molecule has 1 N–H and O–H groups in total. The highest BCUT2D eigenvalue weighted by molar-refractivity contribution is 5.93. The van der Waals surface area contributed by atoms with Gasteiger partial charge in [-0.15, -0.1) is 0 Å². The van der Waals surface area contributed by atoms with E-state index in [2.05, 4.69) is 6.92 Å². The van der Waals surface area contributed by atoms with Crippen molar-refractivity contribution in [3.05, 3.63) is 57.2 Å². The normalized spacial score (nSPS) is 11.2. The number of aliphatic carboxylic acids is 1. The number of hydrogen-bond acceptors (Lipinski definition) is 3. The molecule has 0 aliphatic carbocycles. The van der Waals surface area contributed by atoms with Crippen molar-refractivity contribution in [1.82, 2.24) is 0 Å². The summed E-state index contributed by atoms with van der Waals surface area (Å²) in [5.74, 6) is -0.946. The van der Waals surface area contributed by atoms with Crippen LogP contribution in [0.2, 0.25) is 0 Å². The maximum absolute atomic E-state index is 12.8. The molecule has 4 nitrogen and oxygen atoms in total. The molecule has 0 atom stereocenters. The van der Waals surface area contributed by atoms with E-state index in [4.69, 9.17) is 9.52 Å². The van der Waals surface area contributed by atoms with E-state index >= 15 is 0 Å². The number of rotatable bonds is 4. The van der Waals surface area contributed by atoms with Gasteiger partial charge in [-0.2, -0.15) is 0 Å². The summed E-state index contributed by atoms with van der Waals surface area (Å²) in [6, 6.07) is 8.86. The first-order chi connectivity index (χ1) is 11.1. The second-order valence-corrected chi connectivity index (χ2v) is 5.58. The van der Waals surface area contributed by atoms with Gasteiger partial charge in [-0.25, -0.2) is 0 Å². The summed E-state index contributed by atoms with van der Waals surface area (Å²) in [6.45, 7) is 4.09. The lowest BCUT2D eigenvalue weighted by Gasteiger charge is -2.11. The van der Waals surface area contributed by atoms with Gasteiger partial charge >= 0.3 is 5.97 Å². The molecule has 0 aliphatic rings. The lowest BCUT2D eigenvalue weighted by atomic mass is 9.98. The Labute approximate surface area is 133 Å². The molecule has 0 radical (unpaired) electrons. The van der Waals surface area contributed by atoms with Crippen LogP contribution in [0.5, 0.6) is 0 Å². The zero-order valence-corrected chi connectivity index (χ0v) is 13.2. The van der Waals surface area contributed by atoms with Gasteiger partial charge in [0.1, 0.15) is 11.2 Å². The second kappa shape index (κ2) is 5.88. The van der Waals surface area contributed by atoms with Crippen LogP contribution in [0.15, 0.2) is 39.5 Å². The Bertz CT molecular complexity index is 966. The van der Waals surface area contributed by atoms with Crippen molar-refractivity contribution < 1.29 is 14.3 Å². The SMILES string of the molecule is CCc1ccc2c(=O)c3cccc(CC(=O)O)c3oc2c1CC. The van der Waals surface area contributed by atoms with E-state index in [9.17, 15) is 9.59 Å². The summed E-state index contributed by atoms with van der Waals surface area (Å²) in [7, 11) is 0. The van der Waals surface area contributed by atoms with Crippen molar-refractivity contribution in [2.24, 2.45) is 0 Å². The molecule has 1 aromatic heterocycles. The lowest BCUT2D eigenvalue weighted by molar-refractivity contribution is -0.136. The van der Waals surface area contributed by atoms with Crippen LogP contribution >= 0.6 is 0 Å². The van der Waals surface area contributed by atoms with Gasteiger partial charge in [-0.3, -0.25) is 9.59 Å². The molecule has 0 saturated heterocycles. The highest BCUT2D eigenvalue weighted by Gasteiger charge is 2.16. The Kier molecular flexibility index (Phi) is 3.90. The van der Waals surface area contributed by atoms with Crippen LogP contribution < -0.4 is 5.43 Å². The fraction of sp³-hybridized carbons (Fsp3) is 0.263. The molecule has 0 unspecified atom stereocenters. The highest BCUT2D eigenvalue weighted by Crippen LogP contribution is 2.27. The smallest absolute Gasteiger partial charge is 0.307 e. The summed E-state index contributed by atoms with van der Waals surface area (Å²) in [4.78, 5) is 23.9. The van der Waals surface area contributed by atoms with E-state index in [1.165, 1.54) is 0 Å². The van der Waals surface area contributed by atoms with Crippen molar-refractivity contribution >= 4 is 27.9 Å². The molecule has 0 amide bonds. The number of para-hydroxylation sites is 1. The topological polar surface area (TPSA) is 67.5 Å². The van der Waals surface area contributed by atoms with Crippen LogP contribution in [0.1, 0.15) is 30.5 Å². The molecule has 0 bridgehead atoms. The van der Waals surface area contributed by atoms with Crippen LogP contribution in [0, 0.1) is 0 Å². The summed E-state index contributed by atoms with van der Waals surface area (Å²) < 4.78 is 6.06. The van der Waals surface area contributed by atoms with Crippen molar-refractivity contribution in [2.45, 2.75) is 33.1 Å². The fourth-order valence-electron chi connectivity index (χ4n) is 3.12. The quantitative estimate of drug-likeness (QED) is 0.746. The average molecular weight is 310 g/mol. The largest absolute Gasteiger partial charge is 0.481 e. The Morgan fingerprint density at radius 1 is 1.00 bits per heavy atom. The van der Waals surface area contributed by atoms with Crippen molar-refractivity contribution in [3.63, 3.8) is 0 Å². The molecule has 23 heavy (non-hydrogen) atoms. The third kappa shape index (κ3) is 2.50. The third-order valence-corrected chi connectivity index (χ3v) is 4.22. The number of fused-ring (bicyclic) bond motifs is 2. The fourth-order valence-corrected chi connectivity index (χ4v) is 3.12. The number of carboxylic acids is 1. The minimum atomic E-state index is -0.946. The molecule has 0 spiro atoms. The molecular weight excluding hydrogens is 292 g/mol. The third-order valence-electron chi connectivity index (χ3n) is 4.22. The summed E-state index contributed by atoms with van der Waals surface area (Å²) in [6.07, 6.45) is 1.45. The van der Waals surface area contributed by atoms with Gasteiger partial charge < -0.3 is 9.52 Å². The molecule has 2 aromatic carbocycles. The first-order valence-corrected chi connectivity index (χ1v) is 7.77. The van der Waals surface area contributed by atoms with E-state index in [0.717, 1.165) is 24.0 Å². The van der Waals surface area contributed by atoms with Crippen molar-refractivity contribution in [2.75, 3.05) is 0 Å². The van der Waals surface area contributed by atoms with Gasteiger partial charge in [0, 0.05) is 5.56 Å². The summed E-state index contributed by atoms with van der Waals surface area (Å²) in [5, 5.41) is 10.1. The first-order valence-electron chi connectivity index (χ1n) is 7.77. The van der Waals surface area contributed by atoms with Gasteiger partial charge in [0.25, 0.3) is 0 Å². The van der Waals surface area contributed by atoms with Gasteiger partial charge in [-0.05, 0) is 36.1 Å². The summed E-state index contributed by atoms with van der Waals surface area (Å²) >= 11 is 0. The average Bonchev–Trinajstić information content (AvgIpc) is 2.54. The maximum atomic E-state index is 12.8. The number of carboxylic acid groups (broad SMARTS) is 1. The van der Waals surface area contributed by atoms with Crippen LogP contribution in [-0.4, -0.2) is 11.1 Å². The van der Waals surface area contributed by atoms with Gasteiger partial charge in [0.15, 0.2) is 0 Å². The van der Waals surface area contributed by atoms with Crippen molar-refractivity contribution in [1.29, 1.82) is 0 Å². The Morgan fingerprint density at radius 3 is 2.39 bits per heavy atom. The molecule has 118 valence electrons. The molecule has 0 fully saturated rings. The Balaban J connectivity index is 2.46. The highest BCUT2D eigenvalue weighted by atomic mass is 16.4. The van der Waals surface area contributed by atoms with Gasteiger partial charge in [0.2, 0.25) is 5.43 Å². The minimum absolute atomic E-state index is 0.106. The number of benzene rings is 2. The van der Waals surface area contributed by atoms with Gasteiger partial charge in [-0.1, -0.05) is 32.0 Å². The van der Waals surface area contributed by atoms with Crippen LogP contribution in [0.4, 0.5) is 0 Å². The van der Waals surface area contributed by atoms with E-state index in [-0.39, 0.29) is 11.8 Å². The standard InChI is InChI=1S/C19H18O4/c1-3-11-8-9-15-17(22)14-7-5-6-12(10-16(20)21)18(14)23-19(15)13(11)4-2/h5-9H,3-4,10H2,1-2H3,(H,20,21).